The number of pyridine rings is 1. The average molecular weight is 263 g/mol. The second-order valence-corrected chi connectivity index (χ2v) is 6.45. The van der Waals surface area contributed by atoms with Crippen LogP contribution in [0.5, 0.6) is 0 Å². The Kier molecular flexibility index (Phi) is 3.03. The lowest BCUT2D eigenvalue weighted by atomic mass is 10.0. The number of nitrogens with one attached hydrogen (secondary N) is 1. The standard InChI is InChI=1S/C14H21N3O2/c1-9-6-7-10(17(18)19)12(16-9)15-8-11-13(2,3)14(11,4)5/h6-7,11H,8H2,1-5H3,(H,15,16). The van der Waals surface area contributed by atoms with Crippen molar-refractivity contribution in [2.75, 3.05) is 11.9 Å². The van der Waals surface area contributed by atoms with Gasteiger partial charge in [-0.15, -0.1) is 0 Å². The van der Waals surface area contributed by atoms with E-state index in [4.69, 9.17) is 0 Å². The first-order chi connectivity index (χ1) is 8.68. The molecule has 0 atom stereocenters. The molecule has 1 aromatic rings. The second-order valence-electron chi connectivity index (χ2n) is 6.45. The molecule has 1 aliphatic rings. The van der Waals surface area contributed by atoms with Crippen LogP contribution in [-0.2, 0) is 0 Å². The SMILES string of the molecule is Cc1ccc([N+](=O)[O-])c(NCC2C(C)(C)C2(C)C)n1. The molecule has 1 aromatic heterocycles. The van der Waals surface area contributed by atoms with Gasteiger partial charge in [0.1, 0.15) is 0 Å². The average Bonchev–Trinajstić information content (AvgIpc) is 2.66. The Balaban J connectivity index is 2.13. The number of hydrogen-bond donors (Lipinski definition) is 1. The zero-order chi connectivity index (χ0) is 14.4. The van der Waals surface area contributed by atoms with Gasteiger partial charge < -0.3 is 5.32 Å². The van der Waals surface area contributed by atoms with Crippen molar-refractivity contribution in [1.82, 2.24) is 4.98 Å². The van der Waals surface area contributed by atoms with Crippen LogP contribution < -0.4 is 5.32 Å². The van der Waals surface area contributed by atoms with E-state index in [1.807, 2.05) is 6.92 Å². The molecule has 2 rings (SSSR count). The number of anilines is 1. The van der Waals surface area contributed by atoms with Gasteiger partial charge in [0.2, 0.25) is 5.82 Å². The van der Waals surface area contributed by atoms with Gasteiger partial charge in [-0.25, -0.2) is 4.98 Å². The summed E-state index contributed by atoms with van der Waals surface area (Å²) in [4.78, 5) is 14.8. The van der Waals surface area contributed by atoms with Crippen molar-refractivity contribution in [3.63, 3.8) is 0 Å². The Morgan fingerprint density at radius 3 is 2.37 bits per heavy atom. The maximum absolute atomic E-state index is 11.0. The third-order valence-electron chi connectivity index (χ3n) is 5.00. The molecule has 0 aliphatic heterocycles. The molecule has 0 saturated heterocycles. The van der Waals surface area contributed by atoms with Crippen molar-refractivity contribution in [1.29, 1.82) is 0 Å². The first kappa shape index (κ1) is 13.8. The molecule has 0 bridgehead atoms. The minimum absolute atomic E-state index is 0.0434. The Morgan fingerprint density at radius 2 is 1.89 bits per heavy atom. The topological polar surface area (TPSA) is 68.1 Å². The van der Waals surface area contributed by atoms with Gasteiger partial charge in [0, 0.05) is 18.3 Å². The summed E-state index contributed by atoms with van der Waals surface area (Å²) >= 11 is 0. The third kappa shape index (κ3) is 2.17. The van der Waals surface area contributed by atoms with Crippen molar-refractivity contribution in [3.8, 4) is 0 Å². The fourth-order valence-corrected chi connectivity index (χ4v) is 2.87. The van der Waals surface area contributed by atoms with Crippen LogP contribution in [0.3, 0.4) is 0 Å². The number of nitrogens with zero attached hydrogens (tertiary/aromatic N) is 2. The summed E-state index contributed by atoms with van der Waals surface area (Å²) < 4.78 is 0. The molecule has 1 fully saturated rings. The van der Waals surface area contributed by atoms with E-state index < -0.39 is 4.92 Å². The molecular weight excluding hydrogens is 242 g/mol. The molecule has 19 heavy (non-hydrogen) atoms. The molecule has 0 radical (unpaired) electrons. The summed E-state index contributed by atoms with van der Waals surface area (Å²) in [6, 6.07) is 3.17. The fraction of sp³-hybridized carbons (Fsp3) is 0.643. The molecule has 1 N–H and O–H groups in total. The van der Waals surface area contributed by atoms with E-state index >= 15 is 0 Å². The van der Waals surface area contributed by atoms with E-state index in [1.54, 1.807) is 6.07 Å². The third-order valence-corrected chi connectivity index (χ3v) is 5.00. The molecule has 1 heterocycles. The predicted octanol–water partition coefficient (Wildman–Crippen LogP) is 3.39. The first-order valence-electron chi connectivity index (χ1n) is 6.54. The lowest BCUT2D eigenvalue weighted by molar-refractivity contribution is -0.384. The molecule has 5 heteroatoms. The number of nitro groups is 1. The van der Waals surface area contributed by atoms with Gasteiger partial charge in [0.05, 0.1) is 4.92 Å². The first-order valence-corrected chi connectivity index (χ1v) is 6.54. The van der Waals surface area contributed by atoms with E-state index in [0.717, 1.165) is 12.2 Å². The van der Waals surface area contributed by atoms with Crippen LogP contribution in [0.25, 0.3) is 0 Å². The molecule has 5 nitrogen and oxygen atoms in total. The Bertz CT molecular complexity index is 509. The molecule has 0 amide bonds. The van der Waals surface area contributed by atoms with Gasteiger partial charge in [-0.05, 0) is 29.7 Å². The Labute approximate surface area is 113 Å². The van der Waals surface area contributed by atoms with Gasteiger partial charge in [-0.2, -0.15) is 0 Å². The van der Waals surface area contributed by atoms with Crippen LogP contribution in [0.4, 0.5) is 11.5 Å². The summed E-state index contributed by atoms with van der Waals surface area (Å²) in [5, 5.41) is 14.1. The number of rotatable bonds is 4. The van der Waals surface area contributed by atoms with E-state index in [9.17, 15) is 10.1 Å². The summed E-state index contributed by atoms with van der Waals surface area (Å²) in [7, 11) is 0. The molecule has 0 spiro atoms. The Morgan fingerprint density at radius 1 is 1.32 bits per heavy atom. The zero-order valence-electron chi connectivity index (χ0n) is 12.2. The van der Waals surface area contributed by atoms with Crippen molar-refractivity contribution >= 4 is 11.5 Å². The van der Waals surface area contributed by atoms with Crippen molar-refractivity contribution in [3.05, 3.63) is 27.9 Å². The molecule has 1 saturated carbocycles. The van der Waals surface area contributed by atoms with Crippen LogP contribution in [0.15, 0.2) is 12.1 Å². The lowest BCUT2D eigenvalue weighted by Crippen LogP contribution is -2.11. The van der Waals surface area contributed by atoms with Crippen LogP contribution in [0, 0.1) is 33.8 Å². The van der Waals surface area contributed by atoms with Crippen LogP contribution in [-0.4, -0.2) is 16.5 Å². The second kappa shape index (κ2) is 4.18. The quantitative estimate of drug-likeness (QED) is 0.667. The number of aromatic nitrogens is 1. The maximum atomic E-state index is 11.0. The van der Waals surface area contributed by atoms with Crippen LogP contribution in [0.1, 0.15) is 33.4 Å². The van der Waals surface area contributed by atoms with E-state index in [2.05, 4.69) is 38.0 Å². The minimum Gasteiger partial charge on any atom is -0.364 e. The van der Waals surface area contributed by atoms with Crippen molar-refractivity contribution in [2.24, 2.45) is 16.7 Å². The van der Waals surface area contributed by atoms with E-state index in [0.29, 0.717) is 11.7 Å². The fourth-order valence-electron chi connectivity index (χ4n) is 2.87. The van der Waals surface area contributed by atoms with Gasteiger partial charge in [0.25, 0.3) is 0 Å². The monoisotopic (exact) mass is 263 g/mol. The molecular formula is C14H21N3O2. The Hall–Kier alpha value is -1.65. The highest BCUT2D eigenvalue weighted by molar-refractivity contribution is 5.56. The largest absolute Gasteiger partial charge is 0.364 e. The number of hydrogen-bond acceptors (Lipinski definition) is 4. The molecule has 1 aliphatic carbocycles. The summed E-state index contributed by atoms with van der Waals surface area (Å²) in [6.45, 7) is 11.5. The lowest BCUT2D eigenvalue weighted by Gasteiger charge is -2.08. The highest BCUT2D eigenvalue weighted by atomic mass is 16.6. The van der Waals surface area contributed by atoms with Crippen molar-refractivity contribution in [2.45, 2.75) is 34.6 Å². The normalized spacial score (nSPS) is 20.1. The number of aryl methyl sites for hydroxylation is 1. The highest BCUT2D eigenvalue weighted by Gasteiger charge is 2.64. The van der Waals surface area contributed by atoms with E-state index in [-0.39, 0.29) is 16.5 Å². The minimum atomic E-state index is -0.391. The smallest absolute Gasteiger partial charge is 0.311 e. The highest BCUT2D eigenvalue weighted by Crippen LogP contribution is 2.68. The summed E-state index contributed by atoms with van der Waals surface area (Å²) in [5.74, 6) is 0.880. The molecule has 0 unspecified atom stereocenters. The van der Waals surface area contributed by atoms with E-state index in [1.165, 1.54) is 6.07 Å². The summed E-state index contributed by atoms with van der Waals surface area (Å²) in [6.07, 6.45) is 0. The molecule has 0 aromatic carbocycles. The molecule has 104 valence electrons. The maximum Gasteiger partial charge on any atom is 0.311 e. The van der Waals surface area contributed by atoms with Gasteiger partial charge in [-0.1, -0.05) is 27.7 Å². The predicted molar refractivity (Wildman–Crippen MR) is 75.2 cm³/mol. The zero-order valence-corrected chi connectivity index (χ0v) is 12.2. The van der Waals surface area contributed by atoms with Crippen molar-refractivity contribution < 1.29 is 4.92 Å². The summed E-state index contributed by atoms with van der Waals surface area (Å²) in [5.41, 5.74) is 1.35. The van der Waals surface area contributed by atoms with Crippen LogP contribution >= 0.6 is 0 Å². The van der Waals surface area contributed by atoms with Crippen LogP contribution in [0.2, 0.25) is 0 Å². The van der Waals surface area contributed by atoms with Gasteiger partial charge >= 0.3 is 5.69 Å². The van der Waals surface area contributed by atoms with Gasteiger partial charge in [-0.3, -0.25) is 10.1 Å². The van der Waals surface area contributed by atoms with Gasteiger partial charge in [0.15, 0.2) is 0 Å².